The highest BCUT2D eigenvalue weighted by Gasteiger charge is 2.41. The molecule has 0 aromatic heterocycles. The first-order chi connectivity index (χ1) is 15.4. The first kappa shape index (κ1) is 23.2. The van der Waals surface area contributed by atoms with E-state index in [-0.39, 0.29) is 17.2 Å². The zero-order chi connectivity index (χ0) is 23.1. The van der Waals surface area contributed by atoms with Gasteiger partial charge in [-0.05, 0) is 43.0 Å². The maximum Gasteiger partial charge on any atom is 0.341 e. The standard InChI is InChI=1S/C24H28N2O6/c1-3-15-32-21-12-9-18(16-20(21)22(27)31-2)25-23(28)24(13-5-4-6-14-24)17-7-10-19(11-8-17)26(29)30/h7-12,16H,3-6,13-15H2,1-2H3,(H,25,28). The number of nitro benzene ring substituents is 1. The lowest BCUT2D eigenvalue weighted by molar-refractivity contribution is -0.384. The van der Waals surface area contributed by atoms with E-state index in [0.29, 0.717) is 30.9 Å². The van der Waals surface area contributed by atoms with E-state index in [1.165, 1.54) is 19.2 Å². The van der Waals surface area contributed by atoms with Crippen molar-refractivity contribution in [2.24, 2.45) is 0 Å². The smallest absolute Gasteiger partial charge is 0.341 e. The number of methoxy groups -OCH3 is 1. The van der Waals surface area contributed by atoms with E-state index < -0.39 is 16.3 Å². The zero-order valence-electron chi connectivity index (χ0n) is 18.4. The summed E-state index contributed by atoms with van der Waals surface area (Å²) in [6.07, 6.45) is 4.91. The Morgan fingerprint density at radius 2 is 1.78 bits per heavy atom. The number of esters is 1. The van der Waals surface area contributed by atoms with Crippen molar-refractivity contribution in [1.82, 2.24) is 0 Å². The van der Waals surface area contributed by atoms with Crippen LogP contribution in [0.2, 0.25) is 0 Å². The number of carbonyl (C=O) groups excluding carboxylic acids is 2. The minimum Gasteiger partial charge on any atom is -0.493 e. The summed E-state index contributed by atoms with van der Waals surface area (Å²) in [6.45, 7) is 2.42. The summed E-state index contributed by atoms with van der Waals surface area (Å²) in [5.41, 5.74) is 0.677. The number of benzene rings is 2. The maximum atomic E-state index is 13.5. The summed E-state index contributed by atoms with van der Waals surface area (Å²) in [4.78, 5) is 36.3. The fourth-order valence-corrected chi connectivity index (χ4v) is 4.17. The van der Waals surface area contributed by atoms with Crippen LogP contribution in [0.1, 0.15) is 61.4 Å². The maximum absolute atomic E-state index is 13.5. The molecule has 1 aliphatic carbocycles. The van der Waals surface area contributed by atoms with Crippen molar-refractivity contribution in [3.8, 4) is 5.75 Å². The van der Waals surface area contributed by atoms with Crippen molar-refractivity contribution in [3.63, 3.8) is 0 Å². The summed E-state index contributed by atoms with van der Waals surface area (Å²) >= 11 is 0. The second-order valence-electron chi connectivity index (χ2n) is 7.95. The van der Waals surface area contributed by atoms with Gasteiger partial charge in [-0.2, -0.15) is 0 Å². The lowest BCUT2D eigenvalue weighted by Crippen LogP contribution is -2.42. The lowest BCUT2D eigenvalue weighted by Gasteiger charge is -2.36. The number of hydrogen-bond donors (Lipinski definition) is 1. The molecule has 1 N–H and O–H groups in total. The molecule has 2 aromatic rings. The predicted molar refractivity (Wildman–Crippen MR) is 120 cm³/mol. The molecule has 0 bridgehead atoms. The van der Waals surface area contributed by atoms with Crippen LogP contribution in [0.5, 0.6) is 5.75 Å². The summed E-state index contributed by atoms with van der Waals surface area (Å²) in [6, 6.07) is 11.1. The fraction of sp³-hybridized carbons (Fsp3) is 0.417. The number of rotatable bonds is 8. The lowest BCUT2D eigenvalue weighted by atomic mass is 9.68. The minimum absolute atomic E-state index is 0.00879. The molecular weight excluding hydrogens is 412 g/mol. The van der Waals surface area contributed by atoms with Crippen LogP contribution in [0, 0.1) is 10.1 Å². The average molecular weight is 440 g/mol. The Hall–Kier alpha value is -3.42. The van der Waals surface area contributed by atoms with Crippen LogP contribution in [0.15, 0.2) is 42.5 Å². The number of amides is 1. The molecule has 1 amide bonds. The topological polar surface area (TPSA) is 108 Å². The van der Waals surface area contributed by atoms with Crippen molar-refractivity contribution in [1.29, 1.82) is 0 Å². The van der Waals surface area contributed by atoms with Crippen molar-refractivity contribution in [2.45, 2.75) is 50.9 Å². The van der Waals surface area contributed by atoms with Gasteiger partial charge in [-0.25, -0.2) is 4.79 Å². The Morgan fingerprint density at radius 3 is 2.38 bits per heavy atom. The van der Waals surface area contributed by atoms with Gasteiger partial charge >= 0.3 is 5.97 Å². The van der Waals surface area contributed by atoms with Crippen LogP contribution in [0.3, 0.4) is 0 Å². The molecule has 0 radical (unpaired) electrons. The Bertz CT molecular complexity index is 980. The molecule has 0 aliphatic heterocycles. The quantitative estimate of drug-likeness (QED) is 0.351. The third-order valence-corrected chi connectivity index (χ3v) is 5.88. The molecule has 1 saturated carbocycles. The summed E-state index contributed by atoms with van der Waals surface area (Å²) < 4.78 is 10.5. The molecule has 0 atom stereocenters. The first-order valence-corrected chi connectivity index (χ1v) is 10.8. The van der Waals surface area contributed by atoms with E-state index in [1.54, 1.807) is 30.3 Å². The molecule has 0 unspecified atom stereocenters. The van der Waals surface area contributed by atoms with Gasteiger partial charge in [0.1, 0.15) is 11.3 Å². The molecule has 8 heteroatoms. The number of nitrogens with zero attached hydrogens (tertiary/aromatic N) is 1. The van der Waals surface area contributed by atoms with Gasteiger partial charge in [0.05, 0.1) is 24.1 Å². The molecule has 0 spiro atoms. The van der Waals surface area contributed by atoms with Crippen LogP contribution in [0.4, 0.5) is 11.4 Å². The van der Waals surface area contributed by atoms with Crippen LogP contribution < -0.4 is 10.1 Å². The monoisotopic (exact) mass is 440 g/mol. The third-order valence-electron chi connectivity index (χ3n) is 5.88. The Labute approximate surface area is 187 Å². The number of hydrogen-bond acceptors (Lipinski definition) is 6. The van der Waals surface area contributed by atoms with Gasteiger partial charge in [0.25, 0.3) is 5.69 Å². The minimum atomic E-state index is -0.782. The van der Waals surface area contributed by atoms with Gasteiger partial charge in [-0.3, -0.25) is 14.9 Å². The largest absolute Gasteiger partial charge is 0.493 e. The summed E-state index contributed by atoms with van der Waals surface area (Å²) in [5, 5.41) is 14.0. The SMILES string of the molecule is CCCOc1ccc(NC(=O)C2(c3ccc([N+](=O)[O-])cc3)CCCCC2)cc1C(=O)OC. The molecule has 2 aromatic carbocycles. The van der Waals surface area contributed by atoms with Crippen molar-refractivity contribution < 1.29 is 24.0 Å². The normalized spacial score (nSPS) is 14.9. The molecule has 3 rings (SSSR count). The van der Waals surface area contributed by atoms with Gasteiger partial charge in [-0.1, -0.05) is 38.3 Å². The van der Waals surface area contributed by atoms with Gasteiger partial charge < -0.3 is 14.8 Å². The Morgan fingerprint density at radius 1 is 1.09 bits per heavy atom. The van der Waals surface area contributed by atoms with Crippen molar-refractivity contribution in [3.05, 3.63) is 63.7 Å². The highest BCUT2D eigenvalue weighted by atomic mass is 16.6. The Kier molecular flexibility index (Phi) is 7.45. The molecular formula is C24H28N2O6. The molecule has 1 aliphatic rings. The third kappa shape index (κ3) is 4.90. The summed E-state index contributed by atoms with van der Waals surface area (Å²) in [5.74, 6) is -0.335. The Balaban J connectivity index is 1.91. The number of nitro groups is 1. The van der Waals surface area contributed by atoms with Gasteiger partial charge in [0, 0.05) is 17.8 Å². The van der Waals surface area contributed by atoms with Gasteiger partial charge in [-0.15, -0.1) is 0 Å². The highest BCUT2D eigenvalue weighted by Crippen LogP contribution is 2.41. The number of ether oxygens (including phenoxy) is 2. The van der Waals surface area contributed by atoms with Crippen LogP contribution >= 0.6 is 0 Å². The van der Waals surface area contributed by atoms with E-state index in [1.807, 2.05) is 6.92 Å². The highest BCUT2D eigenvalue weighted by molar-refractivity contribution is 6.01. The molecule has 8 nitrogen and oxygen atoms in total. The zero-order valence-corrected chi connectivity index (χ0v) is 18.4. The second-order valence-corrected chi connectivity index (χ2v) is 7.95. The van der Waals surface area contributed by atoms with Gasteiger partial charge in [0.2, 0.25) is 5.91 Å². The first-order valence-electron chi connectivity index (χ1n) is 10.8. The molecule has 1 fully saturated rings. The molecule has 0 saturated heterocycles. The van der Waals surface area contributed by atoms with Crippen LogP contribution in [-0.2, 0) is 14.9 Å². The molecule has 32 heavy (non-hydrogen) atoms. The van der Waals surface area contributed by atoms with Crippen molar-refractivity contribution >= 4 is 23.3 Å². The number of non-ortho nitro benzene ring substituents is 1. The van der Waals surface area contributed by atoms with E-state index >= 15 is 0 Å². The van der Waals surface area contributed by atoms with E-state index in [0.717, 1.165) is 31.2 Å². The second kappa shape index (κ2) is 10.3. The van der Waals surface area contributed by atoms with E-state index in [4.69, 9.17) is 9.47 Å². The number of carbonyl (C=O) groups is 2. The van der Waals surface area contributed by atoms with Gasteiger partial charge in [0.15, 0.2) is 0 Å². The van der Waals surface area contributed by atoms with Crippen LogP contribution in [-0.4, -0.2) is 30.5 Å². The molecule has 0 heterocycles. The number of nitrogens with one attached hydrogen (secondary N) is 1. The average Bonchev–Trinajstić information content (AvgIpc) is 2.83. The van der Waals surface area contributed by atoms with E-state index in [9.17, 15) is 19.7 Å². The van der Waals surface area contributed by atoms with Crippen molar-refractivity contribution in [2.75, 3.05) is 19.0 Å². The van der Waals surface area contributed by atoms with Crippen LogP contribution in [0.25, 0.3) is 0 Å². The molecule has 170 valence electrons. The predicted octanol–water partition coefficient (Wildman–Crippen LogP) is 5.01. The summed E-state index contributed by atoms with van der Waals surface area (Å²) in [7, 11) is 1.29. The number of anilines is 1. The van der Waals surface area contributed by atoms with E-state index in [2.05, 4.69) is 5.32 Å². The fourth-order valence-electron chi connectivity index (χ4n) is 4.17.